The number of aliphatic hydroxyl groups is 1. The van der Waals surface area contributed by atoms with Crippen LogP contribution in [0.15, 0.2) is 109 Å². The second kappa shape index (κ2) is 16.1. The summed E-state index contributed by atoms with van der Waals surface area (Å²) in [7, 11) is 0. The van der Waals surface area contributed by atoms with E-state index in [0.717, 1.165) is 35.3 Å². The van der Waals surface area contributed by atoms with Crippen LogP contribution in [-0.2, 0) is 45.3 Å². The van der Waals surface area contributed by atoms with E-state index in [0.29, 0.717) is 19.5 Å². The number of rotatable bonds is 14. The summed E-state index contributed by atoms with van der Waals surface area (Å²) in [5.41, 5.74) is 6.11. The third-order valence-electron chi connectivity index (χ3n) is 7.88. The van der Waals surface area contributed by atoms with E-state index in [1.54, 1.807) is 0 Å². The van der Waals surface area contributed by atoms with Gasteiger partial charge in [0.1, 0.15) is 0 Å². The summed E-state index contributed by atoms with van der Waals surface area (Å²) in [5, 5.41) is 21.1. The number of carboxylic acid groups (broad SMARTS) is 1. The molecule has 5 rings (SSSR count). The maximum Gasteiger partial charge on any atom is 0.303 e. The normalized spacial score (nSPS) is 18.0. The number of aliphatic carboxylic acids is 1. The number of hydrogen-bond acceptors (Lipinski definition) is 6. The quantitative estimate of drug-likeness (QED) is 0.163. The summed E-state index contributed by atoms with van der Waals surface area (Å²) in [6.07, 6.45) is -0.488. The van der Waals surface area contributed by atoms with Crippen molar-refractivity contribution in [1.29, 1.82) is 0 Å². The monoisotopic (exact) mass is 608 g/mol. The topological polar surface area (TPSA) is 108 Å². The molecular formula is C37H40N2O6. The van der Waals surface area contributed by atoms with Crippen molar-refractivity contribution in [2.24, 2.45) is 0 Å². The minimum atomic E-state index is -0.994. The molecule has 3 atom stereocenters. The number of carboxylic acids is 1. The van der Waals surface area contributed by atoms with E-state index in [-0.39, 0.29) is 37.6 Å². The number of nitrogens with one attached hydrogen (secondary N) is 1. The van der Waals surface area contributed by atoms with Crippen LogP contribution in [0.4, 0.5) is 0 Å². The molecule has 8 heteroatoms. The predicted octanol–water partition coefficient (Wildman–Crippen LogP) is 5.91. The molecule has 4 aromatic rings. The van der Waals surface area contributed by atoms with Gasteiger partial charge in [-0.25, -0.2) is 0 Å². The highest BCUT2D eigenvalue weighted by Crippen LogP contribution is 2.38. The van der Waals surface area contributed by atoms with Crippen LogP contribution < -0.4 is 5.32 Å². The summed E-state index contributed by atoms with van der Waals surface area (Å²) in [5.74, 6) is -1.29. The molecule has 1 amide bonds. The Kier molecular flexibility index (Phi) is 11.5. The third-order valence-corrected chi connectivity index (χ3v) is 7.88. The molecule has 234 valence electrons. The van der Waals surface area contributed by atoms with Crippen molar-refractivity contribution in [1.82, 2.24) is 10.2 Å². The average molecular weight is 609 g/mol. The Balaban J connectivity index is 1.33. The molecule has 1 aliphatic rings. The van der Waals surface area contributed by atoms with Crippen LogP contribution in [0.3, 0.4) is 0 Å². The van der Waals surface area contributed by atoms with E-state index < -0.39 is 12.3 Å². The first-order valence-electron chi connectivity index (χ1n) is 15.3. The molecule has 8 nitrogen and oxygen atoms in total. The van der Waals surface area contributed by atoms with Crippen molar-refractivity contribution in [3.8, 4) is 0 Å². The Hall–Kier alpha value is -4.34. The van der Waals surface area contributed by atoms with E-state index >= 15 is 0 Å². The number of aliphatic hydroxyl groups excluding tert-OH is 1. The number of amides is 1. The molecule has 0 unspecified atom stereocenters. The van der Waals surface area contributed by atoms with E-state index in [2.05, 4.69) is 58.7 Å². The largest absolute Gasteiger partial charge is 0.481 e. The molecule has 0 saturated carbocycles. The van der Waals surface area contributed by atoms with Gasteiger partial charge in [0.05, 0.1) is 25.2 Å². The maximum atomic E-state index is 12.0. The third kappa shape index (κ3) is 9.83. The van der Waals surface area contributed by atoms with Crippen molar-refractivity contribution in [2.45, 2.75) is 64.0 Å². The zero-order valence-electron chi connectivity index (χ0n) is 25.3. The number of ether oxygens (including phenoxy) is 2. The van der Waals surface area contributed by atoms with Crippen LogP contribution in [0.25, 0.3) is 0 Å². The lowest BCUT2D eigenvalue weighted by molar-refractivity contribution is -0.253. The first-order chi connectivity index (χ1) is 21.9. The van der Waals surface area contributed by atoms with Crippen molar-refractivity contribution >= 4 is 11.9 Å². The van der Waals surface area contributed by atoms with E-state index in [1.807, 2.05) is 60.7 Å². The van der Waals surface area contributed by atoms with Crippen LogP contribution >= 0.6 is 0 Å². The molecule has 1 fully saturated rings. The Morgan fingerprint density at radius 2 is 1.29 bits per heavy atom. The highest BCUT2D eigenvalue weighted by molar-refractivity contribution is 5.80. The van der Waals surface area contributed by atoms with Crippen molar-refractivity contribution in [3.05, 3.63) is 143 Å². The van der Waals surface area contributed by atoms with Crippen molar-refractivity contribution in [3.63, 3.8) is 0 Å². The Labute approximate surface area is 264 Å². The average Bonchev–Trinajstić information content (AvgIpc) is 3.07. The van der Waals surface area contributed by atoms with Gasteiger partial charge in [0.15, 0.2) is 6.29 Å². The lowest BCUT2D eigenvalue weighted by Crippen LogP contribution is -2.39. The van der Waals surface area contributed by atoms with Gasteiger partial charge in [0.25, 0.3) is 0 Å². The van der Waals surface area contributed by atoms with Crippen LogP contribution in [0.5, 0.6) is 0 Å². The molecular weight excluding hydrogens is 568 g/mol. The van der Waals surface area contributed by atoms with Gasteiger partial charge >= 0.3 is 5.97 Å². The number of carbonyl (C=O) groups excluding carboxylic acids is 1. The molecule has 4 aromatic carbocycles. The molecule has 1 saturated heterocycles. The molecule has 0 bridgehead atoms. The lowest BCUT2D eigenvalue weighted by Gasteiger charge is -2.38. The Bertz CT molecular complexity index is 1450. The first-order valence-corrected chi connectivity index (χ1v) is 15.3. The van der Waals surface area contributed by atoms with Gasteiger partial charge in [-0.2, -0.15) is 0 Å². The molecule has 1 heterocycles. The SMILES string of the molecule is O=C(O)CCC(=O)NCc1ccc([C@H]2O[C@@H](CN(Cc3ccccc3)Cc3ccccc3)C[C@@H](c3ccc(CO)cc3)O2)cc1. The zero-order chi connectivity index (χ0) is 31.4. The summed E-state index contributed by atoms with van der Waals surface area (Å²) in [4.78, 5) is 25.1. The second-order valence-electron chi connectivity index (χ2n) is 11.4. The highest BCUT2D eigenvalue weighted by atomic mass is 16.7. The number of benzene rings is 4. The predicted molar refractivity (Wildman–Crippen MR) is 171 cm³/mol. The Morgan fingerprint density at radius 3 is 1.87 bits per heavy atom. The van der Waals surface area contributed by atoms with Gasteiger partial charge in [0.2, 0.25) is 5.91 Å². The van der Waals surface area contributed by atoms with Gasteiger partial charge in [-0.05, 0) is 27.8 Å². The minimum absolute atomic E-state index is 0.0134. The minimum Gasteiger partial charge on any atom is -0.481 e. The fourth-order valence-electron chi connectivity index (χ4n) is 5.49. The van der Waals surface area contributed by atoms with Crippen LogP contribution in [0, 0.1) is 0 Å². The van der Waals surface area contributed by atoms with Gasteiger partial charge < -0.3 is 25.0 Å². The van der Waals surface area contributed by atoms with Crippen LogP contribution in [0.2, 0.25) is 0 Å². The maximum absolute atomic E-state index is 12.0. The summed E-state index contributed by atoms with van der Waals surface area (Å²) in [6, 6.07) is 36.5. The fourth-order valence-corrected chi connectivity index (χ4v) is 5.49. The fraction of sp³-hybridized carbons (Fsp3) is 0.297. The van der Waals surface area contributed by atoms with Gasteiger partial charge in [0, 0.05) is 44.6 Å². The lowest BCUT2D eigenvalue weighted by atomic mass is 9.99. The summed E-state index contributed by atoms with van der Waals surface area (Å²) in [6.45, 7) is 2.56. The van der Waals surface area contributed by atoms with Gasteiger partial charge in [-0.3, -0.25) is 14.5 Å². The molecule has 0 aliphatic carbocycles. The molecule has 1 aliphatic heterocycles. The first kappa shape index (κ1) is 32.1. The van der Waals surface area contributed by atoms with Gasteiger partial charge in [-0.1, -0.05) is 109 Å². The van der Waals surface area contributed by atoms with E-state index in [4.69, 9.17) is 14.6 Å². The van der Waals surface area contributed by atoms with E-state index in [9.17, 15) is 14.7 Å². The standard InChI is InChI=1S/C37H40N2O6/c40-26-30-13-15-31(16-14-30)34-21-33(25-39(23-28-7-3-1-4-8-28)24-29-9-5-2-6-10-29)44-37(45-34)32-17-11-27(12-18-32)22-38-35(41)19-20-36(42)43/h1-18,33-34,37,40H,19-26H2,(H,38,41)(H,42,43)/t33-,34+,37+/m1/s1. The molecule has 0 spiro atoms. The number of hydrogen-bond donors (Lipinski definition) is 3. The summed E-state index contributed by atoms with van der Waals surface area (Å²) >= 11 is 0. The smallest absolute Gasteiger partial charge is 0.303 e. The Morgan fingerprint density at radius 1 is 0.711 bits per heavy atom. The number of nitrogens with zero attached hydrogens (tertiary/aromatic N) is 1. The highest BCUT2D eigenvalue weighted by Gasteiger charge is 2.33. The van der Waals surface area contributed by atoms with Crippen LogP contribution in [0.1, 0.15) is 65.0 Å². The molecule has 45 heavy (non-hydrogen) atoms. The summed E-state index contributed by atoms with van der Waals surface area (Å²) < 4.78 is 13.2. The van der Waals surface area contributed by atoms with Gasteiger partial charge in [-0.15, -0.1) is 0 Å². The van der Waals surface area contributed by atoms with E-state index in [1.165, 1.54) is 11.1 Å². The van der Waals surface area contributed by atoms with Crippen molar-refractivity contribution in [2.75, 3.05) is 6.54 Å². The zero-order valence-corrected chi connectivity index (χ0v) is 25.3. The van der Waals surface area contributed by atoms with Crippen LogP contribution in [-0.4, -0.2) is 39.6 Å². The molecule has 0 aromatic heterocycles. The molecule has 0 radical (unpaired) electrons. The second-order valence-corrected chi connectivity index (χ2v) is 11.4. The number of carbonyl (C=O) groups is 2. The van der Waals surface area contributed by atoms with Crippen molar-refractivity contribution < 1.29 is 29.3 Å². The molecule has 3 N–H and O–H groups in total.